The zero-order valence-electron chi connectivity index (χ0n) is 17.1. The first-order valence-electron chi connectivity index (χ1n) is 9.27. The van der Waals surface area contributed by atoms with Gasteiger partial charge in [-0.15, -0.1) is 0 Å². The Labute approximate surface area is 207 Å². The first-order valence-corrected chi connectivity index (χ1v) is 9.27. The van der Waals surface area contributed by atoms with E-state index in [9.17, 15) is 5.11 Å². The molecule has 0 aliphatic heterocycles. The van der Waals surface area contributed by atoms with Gasteiger partial charge in [0.2, 0.25) is 0 Å². The van der Waals surface area contributed by atoms with Crippen molar-refractivity contribution in [2.45, 2.75) is 25.9 Å². The average Bonchev–Trinajstić information content (AvgIpc) is 3.08. The summed E-state index contributed by atoms with van der Waals surface area (Å²) < 4.78 is 0. The maximum Gasteiger partial charge on any atom is 3.00 e. The second kappa shape index (κ2) is 14.4. The minimum absolute atomic E-state index is 0. The second-order valence-corrected chi connectivity index (χ2v) is 6.74. The van der Waals surface area contributed by atoms with Gasteiger partial charge in [0, 0.05) is 5.92 Å². The summed E-state index contributed by atoms with van der Waals surface area (Å²) in [6, 6.07) is 30.8. The van der Waals surface area contributed by atoms with Crippen molar-refractivity contribution in [3.05, 3.63) is 131 Å². The van der Waals surface area contributed by atoms with Crippen LogP contribution >= 0.6 is 0 Å². The molecule has 0 heterocycles. The Balaban J connectivity index is 0.000000511. The summed E-state index contributed by atoms with van der Waals surface area (Å²) >= 11 is 0. The molecule has 0 spiro atoms. The maximum atomic E-state index is 9.99. The molecule has 0 saturated carbocycles. The quantitative estimate of drug-likeness (QED) is 0.429. The van der Waals surface area contributed by atoms with Gasteiger partial charge >= 0.3 is 21.7 Å². The van der Waals surface area contributed by atoms with Gasteiger partial charge in [0.1, 0.15) is 6.10 Å². The van der Waals surface area contributed by atoms with Gasteiger partial charge in [0.25, 0.3) is 0 Å². The molecule has 1 N–H and O–H groups in total. The molecule has 1 aliphatic carbocycles. The first kappa shape index (κ1) is 28.4. The zero-order valence-corrected chi connectivity index (χ0v) is 20.2. The fourth-order valence-electron chi connectivity index (χ4n) is 3.16. The van der Waals surface area contributed by atoms with Crippen LogP contribution in [-0.4, -0.2) is 5.11 Å². The van der Waals surface area contributed by atoms with Gasteiger partial charge in [-0.1, -0.05) is 84.0 Å². The molecule has 153 valence electrons. The number of benzene rings is 3. The van der Waals surface area contributed by atoms with E-state index in [1.54, 1.807) is 0 Å². The fraction of sp³-hybridized carbons (Fsp3) is 0.154. The zero-order chi connectivity index (χ0) is 19.1. The second-order valence-electron chi connectivity index (χ2n) is 6.74. The Kier molecular flexibility index (Phi) is 13.6. The minimum Gasteiger partial charge on any atom is -1.00 e. The Morgan fingerprint density at radius 1 is 0.767 bits per heavy atom. The van der Waals surface area contributed by atoms with Crippen molar-refractivity contribution in [2.75, 3.05) is 0 Å². The van der Waals surface area contributed by atoms with E-state index in [2.05, 4.69) is 44.2 Å². The maximum absolute atomic E-state index is 9.99. The Morgan fingerprint density at radius 3 is 1.67 bits per heavy atom. The van der Waals surface area contributed by atoms with Crippen LogP contribution in [-0.2, 0) is 21.7 Å². The SMILES string of the molecule is CC1=C(C)C(c2[c-]cccc2)C=C1.OC(c1ccccc1)c1ccccc1.[Cl-].[Cl-].[Ti+3]. The van der Waals surface area contributed by atoms with Crippen molar-refractivity contribution < 1.29 is 51.6 Å². The molecular formula is C26H25Cl2OTi. The van der Waals surface area contributed by atoms with Crippen LogP contribution in [0.2, 0.25) is 0 Å². The summed E-state index contributed by atoms with van der Waals surface area (Å²) in [5.74, 6) is 0.459. The van der Waals surface area contributed by atoms with Gasteiger partial charge in [-0.2, -0.15) is 35.9 Å². The molecule has 0 aromatic heterocycles. The third kappa shape index (κ3) is 7.58. The molecule has 0 saturated heterocycles. The third-order valence-corrected chi connectivity index (χ3v) is 4.93. The molecule has 30 heavy (non-hydrogen) atoms. The minimum atomic E-state index is -0.516. The molecule has 3 aromatic rings. The molecule has 1 radical (unpaired) electrons. The molecule has 0 fully saturated rings. The van der Waals surface area contributed by atoms with Crippen LogP contribution in [0, 0.1) is 6.07 Å². The summed E-state index contributed by atoms with van der Waals surface area (Å²) in [6.07, 6.45) is 3.93. The number of halogens is 2. The van der Waals surface area contributed by atoms with Crippen LogP contribution in [0.1, 0.15) is 42.6 Å². The largest absolute Gasteiger partial charge is 3.00 e. The number of aliphatic hydroxyl groups is 1. The van der Waals surface area contributed by atoms with Gasteiger partial charge in [-0.3, -0.25) is 0 Å². The Hall–Kier alpha value is -1.61. The van der Waals surface area contributed by atoms with E-state index in [4.69, 9.17) is 0 Å². The molecule has 1 nitrogen and oxygen atoms in total. The molecular weight excluding hydrogens is 447 g/mol. The fourth-order valence-corrected chi connectivity index (χ4v) is 3.16. The summed E-state index contributed by atoms with van der Waals surface area (Å²) in [6.45, 7) is 4.36. The van der Waals surface area contributed by atoms with Gasteiger partial charge in [-0.25, -0.2) is 0 Å². The standard InChI is InChI=1S/C13H12O.C13H13.2ClH.Ti/c14-13(11-7-3-1-4-8-11)12-9-5-2-6-10-12;1-10-8-9-13(11(10)2)12-6-4-3-5-7-12;;;/h1-10,13-14H;3-6,8-9,13H,1-2H3;2*1H;/q;-1;;;+3/p-2. The number of allylic oxidation sites excluding steroid dienone is 4. The van der Waals surface area contributed by atoms with Gasteiger partial charge < -0.3 is 29.9 Å². The van der Waals surface area contributed by atoms with Crippen LogP contribution in [0.25, 0.3) is 0 Å². The molecule has 4 rings (SSSR count). The smallest absolute Gasteiger partial charge is 1.00 e. The van der Waals surface area contributed by atoms with E-state index in [1.807, 2.05) is 72.8 Å². The molecule has 4 heteroatoms. The summed E-state index contributed by atoms with van der Waals surface area (Å²) in [4.78, 5) is 0. The number of hydrogen-bond acceptors (Lipinski definition) is 1. The van der Waals surface area contributed by atoms with E-state index >= 15 is 0 Å². The topological polar surface area (TPSA) is 20.2 Å². The summed E-state index contributed by atoms with van der Waals surface area (Å²) in [5.41, 5.74) is 5.97. The van der Waals surface area contributed by atoms with Crippen molar-refractivity contribution in [3.63, 3.8) is 0 Å². The van der Waals surface area contributed by atoms with Gasteiger partial charge in [0.15, 0.2) is 0 Å². The van der Waals surface area contributed by atoms with Gasteiger partial charge in [0.05, 0.1) is 0 Å². The van der Waals surface area contributed by atoms with E-state index in [-0.39, 0.29) is 46.5 Å². The van der Waals surface area contributed by atoms with E-state index in [0.717, 1.165) is 11.1 Å². The van der Waals surface area contributed by atoms with Crippen LogP contribution in [0.15, 0.2) is 108 Å². The average molecular weight is 472 g/mol. The summed E-state index contributed by atoms with van der Waals surface area (Å²) in [7, 11) is 0. The molecule has 1 aliphatic rings. The molecule has 0 amide bonds. The van der Waals surface area contributed by atoms with E-state index < -0.39 is 6.10 Å². The normalized spacial score (nSPS) is 14.1. The first-order chi connectivity index (χ1) is 13.2. The molecule has 1 unspecified atom stereocenters. The molecule has 3 aromatic carbocycles. The van der Waals surface area contributed by atoms with Crippen LogP contribution < -0.4 is 24.8 Å². The third-order valence-electron chi connectivity index (χ3n) is 4.93. The van der Waals surface area contributed by atoms with Crippen LogP contribution in [0.3, 0.4) is 0 Å². The van der Waals surface area contributed by atoms with E-state index in [1.165, 1.54) is 16.7 Å². The van der Waals surface area contributed by atoms with Crippen LogP contribution in [0.5, 0.6) is 0 Å². The number of hydrogen-bond donors (Lipinski definition) is 1. The van der Waals surface area contributed by atoms with Gasteiger partial charge in [-0.05, 0) is 25.0 Å². The predicted molar refractivity (Wildman–Crippen MR) is 112 cm³/mol. The van der Waals surface area contributed by atoms with Crippen molar-refractivity contribution >= 4 is 0 Å². The van der Waals surface area contributed by atoms with Crippen molar-refractivity contribution in [1.82, 2.24) is 0 Å². The predicted octanol–water partition coefficient (Wildman–Crippen LogP) is 0.250. The Morgan fingerprint density at radius 2 is 1.27 bits per heavy atom. The molecule has 0 bridgehead atoms. The number of aliphatic hydroxyl groups excluding tert-OH is 1. The van der Waals surface area contributed by atoms with Crippen LogP contribution in [0.4, 0.5) is 0 Å². The number of rotatable bonds is 3. The van der Waals surface area contributed by atoms with E-state index in [0.29, 0.717) is 5.92 Å². The van der Waals surface area contributed by atoms with Crippen molar-refractivity contribution in [3.8, 4) is 0 Å². The van der Waals surface area contributed by atoms with Crippen molar-refractivity contribution in [2.24, 2.45) is 0 Å². The molecule has 1 atom stereocenters. The van der Waals surface area contributed by atoms with Crippen molar-refractivity contribution in [1.29, 1.82) is 0 Å². The Bertz CT molecular complexity index is 870. The summed E-state index contributed by atoms with van der Waals surface area (Å²) in [5, 5.41) is 9.99. The monoisotopic (exact) mass is 471 g/mol.